The topological polar surface area (TPSA) is 26.3 Å². The molecule has 0 heterocycles. The van der Waals surface area contributed by atoms with Crippen LogP contribution in [0.3, 0.4) is 0 Å². The van der Waals surface area contributed by atoms with Crippen LogP contribution in [0.5, 0.6) is 0 Å². The maximum Gasteiger partial charge on any atom is 0.151 e. The molecule has 0 aliphatic carbocycles. The van der Waals surface area contributed by atoms with Gasteiger partial charge in [-0.3, -0.25) is 4.79 Å². The first kappa shape index (κ1) is 18.1. The molecule has 0 saturated carbocycles. The van der Waals surface area contributed by atoms with Gasteiger partial charge in [-0.1, -0.05) is 61.7 Å². The first-order chi connectivity index (χ1) is 11.2. The minimum Gasteiger partial charge on any atom is -0.350 e. The van der Waals surface area contributed by atoms with Crippen molar-refractivity contribution in [2.45, 2.75) is 33.1 Å². The van der Waals surface area contributed by atoms with E-state index in [1.807, 2.05) is 37.3 Å². The smallest absolute Gasteiger partial charge is 0.151 e. The largest absolute Gasteiger partial charge is 0.350 e. The first-order valence-corrected chi connectivity index (χ1v) is 9.54. The molecule has 0 aromatic heterocycles. The second-order valence-corrected chi connectivity index (χ2v) is 7.73. The number of halogens is 1. The monoisotopic (exact) mass is 348 g/mol. The lowest BCUT2D eigenvalue weighted by Gasteiger charge is -2.20. The summed E-state index contributed by atoms with van der Waals surface area (Å²) in [6.45, 7) is 4.83. The van der Waals surface area contributed by atoms with E-state index >= 15 is 0 Å². The average Bonchev–Trinajstić information content (AvgIpc) is 2.55. The van der Waals surface area contributed by atoms with Gasteiger partial charge in [-0.2, -0.15) is 0 Å². The van der Waals surface area contributed by atoms with Gasteiger partial charge in [0.25, 0.3) is 0 Å². The molecule has 0 aliphatic heterocycles. The molecule has 1 unspecified atom stereocenters. The Morgan fingerprint density at radius 1 is 1.13 bits per heavy atom. The van der Waals surface area contributed by atoms with Crippen LogP contribution in [0, 0.1) is 6.92 Å². The van der Waals surface area contributed by atoms with Crippen LogP contribution in [0.15, 0.2) is 42.5 Å². The predicted molar refractivity (Wildman–Crippen MR) is 99.7 cm³/mol. The van der Waals surface area contributed by atoms with E-state index in [0.29, 0.717) is 10.6 Å². The van der Waals surface area contributed by atoms with Crippen LogP contribution in [-0.2, 0) is 4.52 Å². The lowest BCUT2D eigenvalue weighted by atomic mass is 10.1. The van der Waals surface area contributed by atoms with Crippen molar-refractivity contribution in [3.8, 4) is 0 Å². The van der Waals surface area contributed by atoms with E-state index in [2.05, 4.69) is 19.1 Å². The molecule has 0 spiro atoms. The van der Waals surface area contributed by atoms with Gasteiger partial charge in [-0.15, -0.1) is 0 Å². The van der Waals surface area contributed by atoms with Gasteiger partial charge in [0.15, 0.2) is 6.29 Å². The van der Waals surface area contributed by atoms with Crippen LogP contribution in [0.2, 0.25) is 5.02 Å². The maximum absolute atomic E-state index is 11.1. The Morgan fingerprint density at radius 3 is 2.48 bits per heavy atom. The summed E-state index contributed by atoms with van der Waals surface area (Å²) in [6.07, 6.45) is 4.21. The molecular weight excluding hydrogens is 327 g/mol. The second-order valence-electron chi connectivity index (χ2n) is 5.45. The SMILES string of the molecule is CCCCCOP(c1ccccc1)c1cc(C)c(C=O)c(Cl)c1. The van der Waals surface area contributed by atoms with Crippen LogP contribution >= 0.6 is 19.7 Å². The van der Waals surface area contributed by atoms with Gasteiger partial charge < -0.3 is 4.52 Å². The predicted octanol–water partition coefficient (Wildman–Crippen LogP) is 5.02. The third kappa shape index (κ3) is 4.88. The van der Waals surface area contributed by atoms with E-state index in [9.17, 15) is 4.79 Å². The highest BCUT2D eigenvalue weighted by atomic mass is 35.5. The van der Waals surface area contributed by atoms with Crippen molar-refractivity contribution in [2.75, 3.05) is 6.61 Å². The van der Waals surface area contributed by atoms with Gasteiger partial charge in [0, 0.05) is 16.2 Å². The lowest BCUT2D eigenvalue weighted by molar-refractivity contribution is 0.112. The summed E-state index contributed by atoms with van der Waals surface area (Å²) in [4.78, 5) is 11.1. The van der Waals surface area contributed by atoms with Gasteiger partial charge in [-0.05, 0) is 31.0 Å². The molecule has 2 aromatic rings. The summed E-state index contributed by atoms with van der Waals surface area (Å²) < 4.78 is 6.22. The maximum atomic E-state index is 11.1. The van der Waals surface area contributed by atoms with Crippen molar-refractivity contribution in [3.05, 3.63) is 58.6 Å². The highest BCUT2D eigenvalue weighted by Gasteiger charge is 2.17. The van der Waals surface area contributed by atoms with Crippen LogP contribution in [-0.4, -0.2) is 12.9 Å². The summed E-state index contributed by atoms with van der Waals surface area (Å²) in [7, 11) is -0.918. The minimum absolute atomic E-state index is 0.496. The highest BCUT2D eigenvalue weighted by Crippen LogP contribution is 2.37. The first-order valence-electron chi connectivity index (χ1n) is 7.90. The molecule has 0 fully saturated rings. The Balaban J connectivity index is 2.31. The average molecular weight is 349 g/mol. The Labute approximate surface area is 144 Å². The number of benzene rings is 2. The van der Waals surface area contributed by atoms with Gasteiger partial charge in [0.05, 0.1) is 19.8 Å². The third-order valence-corrected chi connectivity index (χ3v) is 5.88. The number of hydrogen-bond acceptors (Lipinski definition) is 2. The van der Waals surface area contributed by atoms with Crippen molar-refractivity contribution < 1.29 is 9.32 Å². The molecule has 0 saturated heterocycles. The minimum atomic E-state index is -0.918. The van der Waals surface area contributed by atoms with E-state index in [4.69, 9.17) is 16.1 Å². The van der Waals surface area contributed by atoms with Crippen LogP contribution < -0.4 is 10.6 Å². The number of carbonyl (C=O) groups excluding carboxylic acids is 1. The molecule has 0 aliphatic rings. The van der Waals surface area contributed by atoms with Gasteiger partial charge in [0.1, 0.15) is 0 Å². The standard InChI is InChI=1S/C19H22ClO2P/c1-3-4-8-11-22-23(16-9-6-5-7-10-16)17-12-15(2)18(14-21)19(20)13-17/h5-7,9-10,12-14H,3-4,8,11H2,1-2H3. The van der Waals surface area contributed by atoms with Crippen molar-refractivity contribution >= 4 is 36.6 Å². The van der Waals surface area contributed by atoms with E-state index in [-0.39, 0.29) is 0 Å². The number of carbonyl (C=O) groups is 1. The van der Waals surface area contributed by atoms with E-state index in [0.717, 1.165) is 35.5 Å². The Morgan fingerprint density at radius 2 is 1.87 bits per heavy atom. The highest BCUT2D eigenvalue weighted by molar-refractivity contribution is 7.68. The van der Waals surface area contributed by atoms with Crippen LogP contribution in [0.4, 0.5) is 0 Å². The van der Waals surface area contributed by atoms with Crippen LogP contribution in [0.1, 0.15) is 42.1 Å². The number of unbranched alkanes of at least 4 members (excludes halogenated alkanes) is 2. The quantitative estimate of drug-likeness (QED) is 0.380. The number of rotatable bonds is 8. The summed E-state index contributed by atoms with van der Waals surface area (Å²) in [5.41, 5.74) is 1.45. The molecule has 122 valence electrons. The van der Waals surface area contributed by atoms with Crippen LogP contribution in [0.25, 0.3) is 0 Å². The summed E-state index contributed by atoms with van der Waals surface area (Å²) in [5, 5.41) is 2.71. The molecule has 1 atom stereocenters. The van der Waals surface area contributed by atoms with Crippen molar-refractivity contribution in [1.82, 2.24) is 0 Å². The number of aldehydes is 1. The third-order valence-electron chi connectivity index (χ3n) is 3.63. The molecule has 2 rings (SSSR count). The fourth-order valence-electron chi connectivity index (χ4n) is 2.37. The fourth-order valence-corrected chi connectivity index (χ4v) is 4.67. The summed E-state index contributed by atoms with van der Waals surface area (Å²) in [5.74, 6) is 0. The zero-order chi connectivity index (χ0) is 16.7. The van der Waals surface area contributed by atoms with E-state index in [1.54, 1.807) is 0 Å². The zero-order valence-electron chi connectivity index (χ0n) is 13.6. The van der Waals surface area contributed by atoms with Crippen molar-refractivity contribution in [2.24, 2.45) is 0 Å². The summed E-state index contributed by atoms with van der Waals surface area (Å²) in [6, 6.07) is 14.1. The normalized spacial score (nSPS) is 12.1. The van der Waals surface area contributed by atoms with Gasteiger partial charge in [0.2, 0.25) is 0 Å². The molecule has 2 aromatic carbocycles. The van der Waals surface area contributed by atoms with Crippen molar-refractivity contribution in [3.63, 3.8) is 0 Å². The summed E-state index contributed by atoms with van der Waals surface area (Å²) >= 11 is 6.27. The molecule has 0 radical (unpaired) electrons. The molecule has 0 N–H and O–H groups in total. The second kappa shape index (κ2) is 9.17. The Hall–Kier alpha value is -1.21. The van der Waals surface area contributed by atoms with Crippen molar-refractivity contribution in [1.29, 1.82) is 0 Å². The molecule has 2 nitrogen and oxygen atoms in total. The Kier molecular flexibility index (Phi) is 7.23. The lowest BCUT2D eigenvalue weighted by Crippen LogP contribution is -2.15. The molecule has 0 bridgehead atoms. The molecule has 0 amide bonds. The fraction of sp³-hybridized carbons (Fsp3) is 0.316. The number of aryl methyl sites for hydroxylation is 1. The van der Waals surface area contributed by atoms with Gasteiger partial charge >= 0.3 is 0 Å². The Bertz CT molecular complexity index is 620. The molecule has 4 heteroatoms. The van der Waals surface area contributed by atoms with Gasteiger partial charge in [-0.25, -0.2) is 0 Å². The van der Waals surface area contributed by atoms with E-state index in [1.165, 1.54) is 12.8 Å². The number of hydrogen-bond donors (Lipinski definition) is 0. The van der Waals surface area contributed by atoms with E-state index < -0.39 is 8.15 Å². The molecule has 23 heavy (non-hydrogen) atoms. The zero-order valence-corrected chi connectivity index (χ0v) is 15.2. The molecular formula is C19H22ClO2P.